The Labute approximate surface area is 153 Å². The van der Waals surface area contributed by atoms with Crippen LogP contribution in [0, 0.1) is 0 Å². The van der Waals surface area contributed by atoms with E-state index in [0.29, 0.717) is 0 Å². The Morgan fingerprint density at radius 3 is 1.52 bits per heavy atom. The molecule has 0 aliphatic rings. The third kappa shape index (κ3) is 15.6. The predicted octanol–water partition coefficient (Wildman–Crippen LogP) is 3.16. The van der Waals surface area contributed by atoms with Gasteiger partial charge in [0.05, 0.1) is 26.7 Å². The number of alkyl halides is 1. The van der Waals surface area contributed by atoms with E-state index < -0.39 is 0 Å². The molecule has 21 heavy (non-hydrogen) atoms. The number of hydrogen-bond donors (Lipinski definition) is 0. The average molecular weight is 429 g/mol. The first-order valence-corrected chi connectivity index (χ1v) is 10.2. The van der Waals surface area contributed by atoms with E-state index in [2.05, 4.69) is 36.8 Å². The molecule has 1 nitrogen and oxygen atoms in total. The maximum Gasteiger partial charge on any atom is 0.0784 e. The third-order valence-corrected chi connectivity index (χ3v) is 5.00. The molecule has 130 valence electrons. The Balaban J connectivity index is 0. The summed E-state index contributed by atoms with van der Waals surface area (Å²) in [6.07, 6.45) is 15.4. The van der Waals surface area contributed by atoms with E-state index >= 15 is 0 Å². The lowest BCUT2D eigenvalue weighted by Crippen LogP contribution is -3.00. The Hall–Kier alpha value is 0.920. The molecular formula is C18H39Br2N. The number of nitrogens with zero attached hydrogens (tertiary/aromatic N) is 1. The van der Waals surface area contributed by atoms with E-state index in [9.17, 15) is 0 Å². The third-order valence-electron chi connectivity index (χ3n) is 4.43. The fourth-order valence-corrected chi connectivity index (χ4v) is 3.34. The van der Waals surface area contributed by atoms with Gasteiger partial charge in [-0.3, -0.25) is 0 Å². The van der Waals surface area contributed by atoms with Crippen LogP contribution >= 0.6 is 15.9 Å². The minimum Gasteiger partial charge on any atom is -1.00 e. The van der Waals surface area contributed by atoms with Crippen molar-refractivity contribution < 1.29 is 21.5 Å². The number of quaternary nitrogens is 1. The highest BCUT2D eigenvalue weighted by molar-refractivity contribution is 9.09. The summed E-state index contributed by atoms with van der Waals surface area (Å²) in [7, 11) is 2.50. The summed E-state index contributed by atoms with van der Waals surface area (Å²) in [6, 6.07) is 0. The fourth-order valence-electron chi connectivity index (χ4n) is 2.94. The smallest absolute Gasteiger partial charge is 0.0784 e. The maximum absolute atomic E-state index is 3.56. The second-order valence-corrected chi connectivity index (χ2v) is 7.45. The first-order valence-electron chi connectivity index (χ1n) is 9.08. The highest BCUT2D eigenvalue weighted by atomic mass is 79.9. The van der Waals surface area contributed by atoms with Gasteiger partial charge in [-0.05, 0) is 38.5 Å². The van der Waals surface area contributed by atoms with Crippen LogP contribution in [0.2, 0.25) is 0 Å². The molecule has 1 atom stereocenters. The van der Waals surface area contributed by atoms with Gasteiger partial charge in [-0.15, -0.1) is 0 Å². The first-order chi connectivity index (χ1) is 9.68. The molecule has 0 N–H and O–H groups in total. The van der Waals surface area contributed by atoms with Crippen LogP contribution in [0.3, 0.4) is 0 Å². The topological polar surface area (TPSA) is 0 Å². The van der Waals surface area contributed by atoms with Gasteiger partial charge in [0.15, 0.2) is 0 Å². The standard InChI is InChI=1S/C18H39BrN.BrH/c1-4-6-8-9-10-13-17-20(3,16-12-7-5-2)18-14-11-15-19;/h4-18H2,1-3H3;1H/q+1;/p-1. The molecule has 0 fully saturated rings. The molecular weight excluding hydrogens is 390 g/mol. The van der Waals surface area contributed by atoms with E-state index in [4.69, 9.17) is 0 Å². The zero-order valence-electron chi connectivity index (χ0n) is 14.8. The van der Waals surface area contributed by atoms with E-state index in [-0.39, 0.29) is 17.0 Å². The van der Waals surface area contributed by atoms with Crippen molar-refractivity contribution in [3.8, 4) is 0 Å². The Bertz CT molecular complexity index is 188. The van der Waals surface area contributed by atoms with E-state index in [0.717, 1.165) is 0 Å². The Kier molecular flexibility index (Phi) is 19.9. The Morgan fingerprint density at radius 2 is 1.00 bits per heavy atom. The minimum atomic E-state index is 0. The fraction of sp³-hybridized carbons (Fsp3) is 1.00. The van der Waals surface area contributed by atoms with Crippen LogP contribution in [-0.4, -0.2) is 36.5 Å². The summed E-state index contributed by atoms with van der Waals surface area (Å²) in [5.41, 5.74) is 0. The van der Waals surface area contributed by atoms with Gasteiger partial charge < -0.3 is 21.5 Å². The van der Waals surface area contributed by atoms with Gasteiger partial charge in [-0.1, -0.05) is 61.9 Å². The van der Waals surface area contributed by atoms with Crippen molar-refractivity contribution in [1.82, 2.24) is 0 Å². The quantitative estimate of drug-likeness (QED) is 0.213. The molecule has 0 bridgehead atoms. The summed E-state index contributed by atoms with van der Waals surface area (Å²) < 4.78 is 1.32. The van der Waals surface area contributed by atoms with Crippen LogP contribution in [0.25, 0.3) is 0 Å². The zero-order valence-corrected chi connectivity index (χ0v) is 18.0. The van der Waals surface area contributed by atoms with Gasteiger partial charge in [0.2, 0.25) is 0 Å². The molecule has 0 spiro atoms. The summed E-state index contributed by atoms with van der Waals surface area (Å²) in [5.74, 6) is 0. The summed E-state index contributed by atoms with van der Waals surface area (Å²) in [5, 5.41) is 1.17. The van der Waals surface area contributed by atoms with Gasteiger partial charge in [0, 0.05) is 5.33 Å². The lowest BCUT2D eigenvalue weighted by atomic mass is 10.1. The zero-order chi connectivity index (χ0) is 15.1. The molecule has 0 aromatic rings. The SMILES string of the molecule is CCCCCCCC[N+](C)(CCCCC)CCCCBr.[Br-]. The number of halogens is 2. The van der Waals surface area contributed by atoms with Gasteiger partial charge in [-0.2, -0.15) is 0 Å². The lowest BCUT2D eigenvalue weighted by Gasteiger charge is -2.35. The summed E-state index contributed by atoms with van der Waals surface area (Å²) in [6.45, 7) is 8.78. The van der Waals surface area contributed by atoms with Gasteiger partial charge >= 0.3 is 0 Å². The summed E-state index contributed by atoms with van der Waals surface area (Å²) >= 11 is 3.56. The van der Waals surface area contributed by atoms with Crippen LogP contribution < -0.4 is 17.0 Å². The molecule has 0 rings (SSSR count). The van der Waals surface area contributed by atoms with Crippen molar-refractivity contribution in [3.05, 3.63) is 0 Å². The predicted molar refractivity (Wildman–Crippen MR) is 96.7 cm³/mol. The largest absolute Gasteiger partial charge is 1.00 e. The number of unbranched alkanes of at least 4 members (excludes halogenated alkanes) is 8. The first kappa shape index (κ1) is 24.2. The van der Waals surface area contributed by atoms with Crippen LogP contribution in [0.1, 0.15) is 84.5 Å². The molecule has 0 saturated heterocycles. The highest BCUT2D eigenvalue weighted by Crippen LogP contribution is 2.14. The van der Waals surface area contributed by atoms with Crippen LogP contribution in [-0.2, 0) is 0 Å². The lowest BCUT2D eigenvalue weighted by molar-refractivity contribution is -0.910. The molecule has 0 radical (unpaired) electrons. The molecule has 0 amide bonds. The Morgan fingerprint density at radius 1 is 0.619 bits per heavy atom. The van der Waals surface area contributed by atoms with E-state index in [1.54, 1.807) is 0 Å². The average Bonchev–Trinajstić information content (AvgIpc) is 2.43. The molecule has 1 unspecified atom stereocenters. The van der Waals surface area contributed by atoms with Gasteiger partial charge in [-0.25, -0.2) is 0 Å². The number of hydrogen-bond acceptors (Lipinski definition) is 0. The molecule has 0 aliphatic carbocycles. The molecule has 0 aromatic carbocycles. The van der Waals surface area contributed by atoms with Crippen molar-refractivity contribution in [2.45, 2.75) is 84.5 Å². The van der Waals surface area contributed by atoms with Crippen molar-refractivity contribution in [2.24, 2.45) is 0 Å². The highest BCUT2D eigenvalue weighted by Gasteiger charge is 2.19. The number of rotatable bonds is 15. The van der Waals surface area contributed by atoms with Crippen molar-refractivity contribution in [2.75, 3.05) is 32.0 Å². The minimum absolute atomic E-state index is 0. The van der Waals surface area contributed by atoms with E-state index in [1.807, 2.05) is 0 Å². The second kappa shape index (κ2) is 17.3. The van der Waals surface area contributed by atoms with Crippen molar-refractivity contribution in [1.29, 1.82) is 0 Å². The monoisotopic (exact) mass is 427 g/mol. The van der Waals surface area contributed by atoms with E-state index in [1.165, 1.54) is 100 Å². The molecule has 3 heteroatoms. The normalized spacial score (nSPS) is 13.7. The van der Waals surface area contributed by atoms with Gasteiger partial charge in [0.25, 0.3) is 0 Å². The molecule has 0 aliphatic heterocycles. The van der Waals surface area contributed by atoms with Crippen LogP contribution in [0.15, 0.2) is 0 Å². The summed E-state index contributed by atoms with van der Waals surface area (Å²) in [4.78, 5) is 0. The second-order valence-electron chi connectivity index (χ2n) is 6.66. The maximum atomic E-state index is 3.56. The van der Waals surface area contributed by atoms with Crippen molar-refractivity contribution >= 4 is 15.9 Å². The van der Waals surface area contributed by atoms with Crippen LogP contribution in [0.5, 0.6) is 0 Å². The van der Waals surface area contributed by atoms with Crippen molar-refractivity contribution in [3.63, 3.8) is 0 Å². The molecule has 0 heterocycles. The van der Waals surface area contributed by atoms with Gasteiger partial charge in [0.1, 0.15) is 0 Å². The molecule has 0 aromatic heterocycles. The van der Waals surface area contributed by atoms with Crippen LogP contribution in [0.4, 0.5) is 0 Å². The molecule has 0 saturated carbocycles.